The van der Waals surface area contributed by atoms with Crippen molar-refractivity contribution in [2.45, 2.75) is 13.0 Å². The lowest BCUT2D eigenvalue weighted by molar-refractivity contribution is 0.276. The quantitative estimate of drug-likeness (QED) is 0.911. The van der Waals surface area contributed by atoms with Gasteiger partial charge in [-0.1, -0.05) is 30.3 Å². The Balaban J connectivity index is 2.21. The number of halogens is 1. The molecule has 1 heterocycles. The molecule has 1 atom stereocenters. The van der Waals surface area contributed by atoms with Gasteiger partial charge >= 0.3 is 0 Å². The highest BCUT2D eigenvalue weighted by Gasteiger charge is 2.11. The van der Waals surface area contributed by atoms with E-state index in [9.17, 15) is 5.11 Å². The van der Waals surface area contributed by atoms with Gasteiger partial charge in [0.25, 0.3) is 0 Å². The number of aliphatic hydroxyl groups excluding tert-OH is 1. The number of aromatic nitrogens is 1. The zero-order chi connectivity index (χ0) is 13.0. The van der Waals surface area contributed by atoms with Crippen molar-refractivity contribution in [1.29, 1.82) is 0 Å². The fourth-order valence-electron chi connectivity index (χ4n) is 1.78. The SMILES string of the molecule is Cc1cc(Br)cnc1NC(CO)c1ccccc1. The Morgan fingerprint density at radius 2 is 2.06 bits per heavy atom. The number of nitrogens with one attached hydrogen (secondary N) is 1. The third-order valence-electron chi connectivity index (χ3n) is 2.74. The van der Waals surface area contributed by atoms with Gasteiger partial charge in [0, 0.05) is 10.7 Å². The molecule has 18 heavy (non-hydrogen) atoms. The summed E-state index contributed by atoms with van der Waals surface area (Å²) >= 11 is 3.38. The molecule has 4 heteroatoms. The summed E-state index contributed by atoms with van der Waals surface area (Å²) in [6, 6.07) is 11.7. The van der Waals surface area contributed by atoms with Crippen molar-refractivity contribution in [3.05, 3.63) is 58.2 Å². The van der Waals surface area contributed by atoms with E-state index in [0.29, 0.717) is 0 Å². The maximum absolute atomic E-state index is 9.49. The molecule has 0 amide bonds. The summed E-state index contributed by atoms with van der Waals surface area (Å²) in [7, 11) is 0. The highest BCUT2D eigenvalue weighted by Crippen LogP contribution is 2.22. The topological polar surface area (TPSA) is 45.2 Å². The van der Waals surface area contributed by atoms with Gasteiger partial charge in [0.15, 0.2) is 0 Å². The van der Waals surface area contributed by atoms with Crippen LogP contribution in [0, 0.1) is 6.92 Å². The van der Waals surface area contributed by atoms with Crippen LogP contribution < -0.4 is 5.32 Å². The molecule has 0 spiro atoms. The van der Waals surface area contributed by atoms with Crippen molar-refractivity contribution in [2.24, 2.45) is 0 Å². The van der Waals surface area contributed by atoms with Crippen LogP contribution in [-0.2, 0) is 0 Å². The first-order valence-corrected chi connectivity index (χ1v) is 6.54. The number of nitrogens with zero attached hydrogens (tertiary/aromatic N) is 1. The number of benzene rings is 1. The molecule has 2 N–H and O–H groups in total. The van der Waals surface area contributed by atoms with Crippen LogP contribution in [0.15, 0.2) is 47.1 Å². The fraction of sp³-hybridized carbons (Fsp3) is 0.214. The molecule has 2 rings (SSSR count). The first-order valence-electron chi connectivity index (χ1n) is 5.75. The van der Waals surface area contributed by atoms with E-state index < -0.39 is 0 Å². The zero-order valence-corrected chi connectivity index (χ0v) is 11.7. The molecule has 0 aliphatic heterocycles. The van der Waals surface area contributed by atoms with Crippen LogP contribution in [0.5, 0.6) is 0 Å². The van der Waals surface area contributed by atoms with Crippen molar-refractivity contribution in [3.63, 3.8) is 0 Å². The second-order valence-electron chi connectivity index (χ2n) is 4.11. The Kier molecular flexibility index (Phi) is 4.33. The molecule has 1 unspecified atom stereocenters. The highest BCUT2D eigenvalue weighted by atomic mass is 79.9. The van der Waals surface area contributed by atoms with Gasteiger partial charge in [-0.2, -0.15) is 0 Å². The second-order valence-corrected chi connectivity index (χ2v) is 5.02. The summed E-state index contributed by atoms with van der Waals surface area (Å²) < 4.78 is 0.950. The monoisotopic (exact) mass is 306 g/mol. The normalized spacial score (nSPS) is 12.2. The molecule has 1 aromatic heterocycles. The van der Waals surface area contributed by atoms with E-state index in [1.165, 1.54) is 0 Å². The van der Waals surface area contributed by atoms with Crippen LogP contribution in [0.25, 0.3) is 0 Å². The zero-order valence-electron chi connectivity index (χ0n) is 10.1. The Hall–Kier alpha value is -1.39. The summed E-state index contributed by atoms with van der Waals surface area (Å²) in [5, 5.41) is 12.7. The first kappa shape index (κ1) is 13.1. The maximum Gasteiger partial charge on any atom is 0.129 e. The van der Waals surface area contributed by atoms with E-state index in [1.807, 2.05) is 43.3 Å². The van der Waals surface area contributed by atoms with E-state index in [0.717, 1.165) is 21.4 Å². The van der Waals surface area contributed by atoms with E-state index in [-0.39, 0.29) is 12.6 Å². The number of hydrogen-bond acceptors (Lipinski definition) is 3. The van der Waals surface area contributed by atoms with Gasteiger partial charge in [0.1, 0.15) is 5.82 Å². The van der Waals surface area contributed by atoms with Gasteiger partial charge in [-0.3, -0.25) is 0 Å². The van der Waals surface area contributed by atoms with Gasteiger partial charge in [0.2, 0.25) is 0 Å². The van der Waals surface area contributed by atoms with Gasteiger partial charge < -0.3 is 10.4 Å². The average Bonchev–Trinajstić information content (AvgIpc) is 2.39. The van der Waals surface area contributed by atoms with E-state index in [2.05, 4.69) is 26.2 Å². The van der Waals surface area contributed by atoms with Crippen LogP contribution >= 0.6 is 15.9 Å². The lowest BCUT2D eigenvalue weighted by Gasteiger charge is -2.18. The summed E-state index contributed by atoms with van der Waals surface area (Å²) in [5.74, 6) is 0.793. The number of rotatable bonds is 4. The van der Waals surface area contributed by atoms with E-state index in [4.69, 9.17) is 0 Å². The number of aliphatic hydroxyl groups is 1. The summed E-state index contributed by atoms with van der Waals surface area (Å²) in [6.07, 6.45) is 1.74. The number of anilines is 1. The van der Waals surface area contributed by atoms with Crippen molar-refractivity contribution < 1.29 is 5.11 Å². The number of hydrogen-bond donors (Lipinski definition) is 2. The third-order valence-corrected chi connectivity index (χ3v) is 3.17. The molecule has 0 aliphatic carbocycles. The Labute approximate surface area is 115 Å². The van der Waals surface area contributed by atoms with Gasteiger partial charge in [-0.15, -0.1) is 0 Å². The highest BCUT2D eigenvalue weighted by molar-refractivity contribution is 9.10. The Morgan fingerprint density at radius 3 is 2.67 bits per heavy atom. The van der Waals surface area contributed by atoms with E-state index in [1.54, 1.807) is 6.20 Å². The van der Waals surface area contributed by atoms with Crippen molar-refractivity contribution in [2.75, 3.05) is 11.9 Å². The number of pyridine rings is 1. The van der Waals surface area contributed by atoms with Gasteiger partial charge in [0.05, 0.1) is 12.6 Å². The predicted molar refractivity (Wildman–Crippen MR) is 76.6 cm³/mol. The summed E-state index contributed by atoms with van der Waals surface area (Å²) in [6.45, 7) is 2.01. The van der Waals surface area contributed by atoms with Crippen LogP contribution in [0.2, 0.25) is 0 Å². The molecule has 0 bridgehead atoms. The number of aryl methyl sites for hydroxylation is 1. The smallest absolute Gasteiger partial charge is 0.129 e. The third kappa shape index (κ3) is 3.09. The molecule has 3 nitrogen and oxygen atoms in total. The Morgan fingerprint density at radius 1 is 1.33 bits per heavy atom. The van der Waals surface area contributed by atoms with Crippen LogP contribution in [-0.4, -0.2) is 16.7 Å². The largest absolute Gasteiger partial charge is 0.394 e. The molecule has 94 valence electrons. The van der Waals surface area contributed by atoms with Crippen molar-refractivity contribution in [3.8, 4) is 0 Å². The molecule has 0 aliphatic rings. The lowest BCUT2D eigenvalue weighted by Crippen LogP contribution is -2.16. The van der Waals surface area contributed by atoms with E-state index >= 15 is 0 Å². The minimum absolute atomic E-state index is 0.0290. The molecule has 2 aromatic rings. The average molecular weight is 307 g/mol. The van der Waals surface area contributed by atoms with Crippen molar-refractivity contribution in [1.82, 2.24) is 4.98 Å². The van der Waals surface area contributed by atoms with Crippen LogP contribution in [0.1, 0.15) is 17.2 Å². The predicted octanol–water partition coefficient (Wildman–Crippen LogP) is 3.30. The van der Waals surface area contributed by atoms with Crippen LogP contribution in [0.4, 0.5) is 5.82 Å². The standard InChI is InChI=1S/C14H15BrN2O/c1-10-7-12(15)8-16-14(10)17-13(9-18)11-5-3-2-4-6-11/h2-8,13,18H,9H2,1H3,(H,16,17). The first-order chi connectivity index (χ1) is 8.70. The second kappa shape index (κ2) is 5.98. The fourth-order valence-corrected chi connectivity index (χ4v) is 2.22. The molecule has 0 radical (unpaired) electrons. The summed E-state index contributed by atoms with van der Waals surface area (Å²) in [5.41, 5.74) is 2.09. The molecule has 0 saturated heterocycles. The molecular formula is C14H15BrN2O. The maximum atomic E-state index is 9.49. The summed E-state index contributed by atoms with van der Waals surface area (Å²) in [4.78, 5) is 4.32. The molecular weight excluding hydrogens is 292 g/mol. The Bertz CT molecular complexity index is 516. The van der Waals surface area contributed by atoms with Crippen LogP contribution in [0.3, 0.4) is 0 Å². The van der Waals surface area contributed by atoms with Gasteiger partial charge in [-0.25, -0.2) is 4.98 Å². The minimum atomic E-state index is -0.140. The molecule has 0 saturated carbocycles. The van der Waals surface area contributed by atoms with Gasteiger partial charge in [-0.05, 0) is 40.0 Å². The molecule has 0 fully saturated rings. The lowest BCUT2D eigenvalue weighted by atomic mass is 10.1. The molecule has 1 aromatic carbocycles. The minimum Gasteiger partial charge on any atom is -0.394 e. The van der Waals surface area contributed by atoms with Crippen molar-refractivity contribution >= 4 is 21.7 Å².